The summed E-state index contributed by atoms with van der Waals surface area (Å²) < 4.78 is 12.8. The van der Waals surface area contributed by atoms with Gasteiger partial charge < -0.3 is 10.2 Å². The molecule has 1 atom stereocenters. The van der Waals surface area contributed by atoms with Gasteiger partial charge in [-0.25, -0.2) is 4.39 Å². The first-order valence-electron chi connectivity index (χ1n) is 8.35. The van der Waals surface area contributed by atoms with E-state index in [1.807, 2.05) is 7.05 Å². The lowest BCUT2D eigenvalue weighted by Crippen LogP contribution is -3.08. The van der Waals surface area contributed by atoms with Crippen LogP contribution in [0, 0.1) is 5.82 Å². The summed E-state index contributed by atoms with van der Waals surface area (Å²) in [6.45, 7) is 6.00. The van der Waals surface area contributed by atoms with E-state index < -0.39 is 0 Å². The van der Waals surface area contributed by atoms with Gasteiger partial charge in [0.05, 0.1) is 7.05 Å². The van der Waals surface area contributed by atoms with Crippen molar-refractivity contribution in [3.63, 3.8) is 0 Å². The van der Waals surface area contributed by atoms with Gasteiger partial charge in [-0.3, -0.25) is 4.79 Å². The Morgan fingerprint density at radius 3 is 2.21 bits per heavy atom. The van der Waals surface area contributed by atoms with Crippen molar-refractivity contribution in [2.75, 3.05) is 13.6 Å². The summed E-state index contributed by atoms with van der Waals surface area (Å²) >= 11 is 0. The van der Waals surface area contributed by atoms with E-state index in [2.05, 4.69) is 43.4 Å². The Hall–Kier alpha value is -2.20. The largest absolute Gasteiger partial charge is 0.347 e. The van der Waals surface area contributed by atoms with E-state index in [9.17, 15) is 9.18 Å². The van der Waals surface area contributed by atoms with Crippen molar-refractivity contribution in [1.29, 1.82) is 0 Å². The lowest BCUT2D eigenvalue weighted by atomic mass is 10.0. The Morgan fingerprint density at radius 2 is 1.62 bits per heavy atom. The van der Waals surface area contributed by atoms with Crippen molar-refractivity contribution >= 4 is 5.91 Å². The molecule has 0 saturated carbocycles. The quantitative estimate of drug-likeness (QED) is 0.803. The first-order chi connectivity index (χ1) is 11.4. The first-order valence-corrected chi connectivity index (χ1v) is 8.35. The van der Waals surface area contributed by atoms with Gasteiger partial charge >= 0.3 is 0 Å². The molecule has 2 N–H and O–H groups in total. The van der Waals surface area contributed by atoms with E-state index in [4.69, 9.17) is 0 Å². The van der Waals surface area contributed by atoms with Gasteiger partial charge in [0.1, 0.15) is 12.4 Å². The zero-order chi connectivity index (χ0) is 17.5. The summed E-state index contributed by atoms with van der Waals surface area (Å²) in [5, 5.41) is 2.88. The van der Waals surface area contributed by atoms with E-state index >= 15 is 0 Å². The number of carbonyl (C=O) groups excluding carboxylic acids is 1. The Morgan fingerprint density at radius 1 is 1.04 bits per heavy atom. The number of benzene rings is 2. The highest BCUT2D eigenvalue weighted by Crippen LogP contribution is 2.14. The van der Waals surface area contributed by atoms with E-state index in [0.717, 1.165) is 17.0 Å². The topological polar surface area (TPSA) is 33.5 Å². The molecule has 0 aliphatic carbocycles. The number of carbonyl (C=O) groups is 1. The van der Waals surface area contributed by atoms with Gasteiger partial charge in [0, 0.05) is 12.1 Å². The predicted molar refractivity (Wildman–Crippen MR) is 94.2 cm³/mol. The fourth-order valence-corrected chi connectivity index (χ4v) is 2.57. The normalized spacial score (nSPS) is 12.2. The SMILES string of the molecule is CC(C)c1ccc(C[NH+](C)CC(=O)NCc2ccc(F)cc2)cc1. The van der Waals surface area contributed by atoms with Crippen LogP contribution in [0.25, 0.3) is 0 Å². The number of halogens is 1. The molecule has 0 fully saturated rings. The molecule has 24 heavy (non-hydrogen) atoms. The van der Waals surface area contributed by atoms with Gasteiger partial charge in [0.25, 0.3) is 5.91 Å². The highest BCUT2D eigenvalue weighted by atomic mass is 19.1. The monoisotopic (exact) mass is 329 g/mol. The molecular weight excluding hydrogens is 303 g/mol. The second-order valence-corrected chi connectivity index (χ2v) is 6.61. The molecular formula is C20H26FN2O+. The molecule has 0 aliphatic heterocycles. The number of hydrogen-bond donors (Lipinski definition) is 2. The first kappa shape index (κ1) is 18.1. The molecule has 3 nitrogen and oxygen atoms in total. The molecule has 0 heterocycles. The minimum Gasteiger partial charge on any atom is -0.347 e. The standard InChI is InChI=1S/C20H25FN2O/c1-15(2)18-8-4-17(5-9-18)13-23(3)14-20(24)22-12-16-6-10-19(21)11-7-16/h4-11,15H,12-14H2,1-3H3,(H,22,24)/p+1. The zero-order valence-electron chi connectivity index (χ0n) is 14.6. The minimum atomic E-state index is -0.266. The molecule has 4 heteroatoms. The Bertz CT molecular complexity index is 650. The molecule has 2 rings (SSSR count). The lowest BCUT2D eigenvalue weighted by Gasteiger charge is -2.14. The molecule has 0 saturated heterocycles. The van der Waals surface area contributed by atoms with Gasteiger partial charge in [-0.1, -0.05) is 50.2 Å². The molecule has 1 amide bonds. The van der Waals surface area contributed by atoms with Crippen molar-refractivity contribution in [2.24, 2.45) is 0 Å². The highest BCUT2D eigenvalue weighted by molar-refractivity contribution is 5.76. The Kier molecular flexibility index (Phi) is 6.50. The number of likely N-dealkylation sites (N-methyl/N-ethyl adjacent to an activating group) is 1. The van der Waals surface area contributed by atoms with E-state index in [1.54, 1.807) is 12.1 Å². The van der Waals surface area contributed by atoms with Crippen molar-refractivity contribution in [1.82, 2.24) is 5.32 Å². The van der Waals surface area contributed by atoms with Crippen LogP contribution in [0.2, 0.25) is 0 Å². The van der Waals surface area contributed by atoms with E-state index in [1.165, 1.54) is 23.3 Å². The van der Waals surface area contributed by atoms with Crippen molar-refractivity contribution in [2.45, 2.75) is 32.9 Å². The van der Waals surface area contributed by atoms with Gasteiger partial charge in [-0.15, -0.1) is 0 Å². The maximum atomic E-state index is 12.8. The van der Waals surface area contributed by atoms with Crippen molar-refractivity contribution in [3.05, 3.63) is 71.0 Å². The molecule has 0 aromatic heterocycles. The smallest absolute Gasteiger partial charge is 0.275 e. The fraction of sp³-hybridized carbons (Fsp3) is 0.350. The van der Waals surface area contributed by atoms with Crippen LogP contribution in [-0.4, -0.2) is 19.5 Å². The number of nitrogens with one attached hydrogen (secondary N) is 2. The van der Waals surface area contributed by atoms with E-state index in [0.29, 0.717) is 19.0 Å². The van der Waals surface area contributed by atoms with Crippen LogP contribution >= 0.6 is 0 Å². The maximum Gasteiger partial charge on any atom is 0.275 e. The van der Waals surface area contributed by atoms with Crippen LogP contribution in [0.1, 0.15) is 36.5 Å². The van der Waals surface area contributed by atoms with Crippen LogP contribution in [0.3, 0.4) is 0 Å². The molecule has 0 bridgehead atoms. The lowest BCUT2D eigenvalue weighted by molar-refractivity contribution is -0.885. The summed E-state index contributed by atoms with van der Waals surface area (Å²) in [6, 6.07) is 14.7. The highest BCUT2D eigenvalue weighted by Gasteiger charge is 2.10. The summed E-state index contributed by atoms with van der Waals surface area (Å²) in [7, 11) is 2.01. The minimum absolute atomic E-state index is 0.00405. The summed E-state index contributed by atoms with van der Waals surface area (Å²) in [6.07, 6.45) is 0. The van der Waals surface area contributed by atoms with Crippen molar-refractivity contribution < 1.29 is 14.1 Å². The van der Waals surface area contributed by atoms with Gasteiger partial charge in [-0.2, -0.15) is 0 Å². The number of amides is 1. The maximum absolute atomic E-state index is 12.8. The average Bonchev–Trinajstić information content (AvgIpc) is 2.54. The Labute approximate surface area is 143 Å². The average molecular weight is 329 g/mol. The molecule has 2 aromatic rings. The van der Waals surface area contributed by atoms with Crippen LogP contribution < -0.4 is 10.2 Å². The van der Waals surface area contributed by atoms with Gasteiger partial charge in [0.15, 0.2) is 6.54 Å². The third-order valence-corrected chi connectivity index (χ3v) is 4.02. The number of rotatable bonds is 7. The van der Waals surface area contributed by atoms with Crippen LogP contribution in [-0.2, 0) is 17.9 Å². The zero-order valence-corrected chi connectivity index (χ0v) is 14.6. The van der Waals surface area contributed by atoms with Crippen LogP contribution in [0.5, 0.6) is 0 Å². The number of hydrogen-bond acceptors (Lipinski definition) is 1. The van der Waals surface area contributed by atoms with Crippen LogP contribution in [0.4, 0.5) is 4.39 Å². The predicted octanol–water partition coefficient (Wildman–Crippen LogP) is 2.28. The third kappa shape index (κ3) is 5.78. The summed E-state index contributed by atoms with van der Waals surface area (Å²) in [4.78, 5) is 13.1. The molecule has 0 spiro atoms. The molecule has 2 aromatic carbocycles. The second-order valence-electron chi connectivity index (χ2n) is 6.61. The van der Waals surface area contributed by atoms with Gasteiger partial charge in [-0.05, 0) is 29.2 Å². The van der Waals surface area contributed by atoms with Gasteiger partial charge in [0.2, 0.25) is 0 Å². The molecule has 1 unspecified atom stereocenters. The van der Waals surface area contributed by atoms with Crippen LogP contribution in [0.15, 0.2) is 48.5 Å². The van der Waals surface area contributed by atoms with Crippen molar-refractivity contribution in [3.8, 4) is 0 Å². The second kappa shape index (κ2) is 8.60. The fourth-order valence-electron chi connectivity index (χ4n) is 2.57. The summed E-state index contributed by atoms with van der Waals surface area (Å²) in [5.74, 6) is 0.259. The Balaban J connectivity index is 1.77. The molecule has 128 valence electrons. The molecule has 0 radical (unpaired) electrons. The molecule has 0 aliphatic rings. The van der Waals surface area contributed by atoms with E-state index in [-0.39, 0.29) is 11.7 Å². The summed E-state index contributed by atoms with van der Waals surface area (Å²) in [5.41, 5.74) is 3.45. The third-order valence-electron chi connectivity index (χ3n) is 4.02. The number of quaternary nitrogens is 1.